The number of carbonyl (C=O) groups is 3. The minimum absolute atomic E-state index is 0.00983. The summed E-state index contributed by atoms with van der Waals surface area (Å²) >= 11 is 0. The zero-order valence-corrected chi connectivity index (χ0v) is 26.1. The summed E-state index contributed by atoms with van der Waals surface area (Å²) in [5, 5.41) is 17.1. The minimum atomic E-state index is -0.653. The fourth-order valence-corrected chi connectivity index (χ4v) is 6.29. The maximum Gasteiger partial charge on any atom is 0.309 e. The lowest BCUT2D eigenvalue weighted by molar-refractivity contribution is -0.150. The van der Waals surface area contributed by atoms with Crippen molar-refractivity contribution < 1.29 is 24.2 Å². The van der Waals surface area contributed by atoms with Crippen LogP contribution in [0.5, 0.6) is 0 Å². The van der Waals surface area contributed by atoms with Crippen LogP contribution in [0.15, 0.2) is 86.1 Å². The molecule has 240 valence electrons. The van der Waals surface area contributed by atoms with Gasteiger partial charge in [0.2, 0.25) is 11.8 Å². The molecule has 2 aromatic carbocycles. The van der Waals surface area contributed by atoms with Crippen molar-refractivity contribution in [1.29, 1.82) is 0 Å². The lowest BCUT2D eigenvalue weighted by Gasteiger charge is -2.29. The van der Waals surface area contributed by atoms with Gasteiger partial charge < -0.3 is 25.5 Å². The van der Waals surface area contributed by atoms with Crippen LogP contribution in [0.4, 0.5) is 0 Å². The van der Waals surface area contributed by atoms with Gasteiger partial charge in [0.1, 0.15) is 6.61 Å². The van der Waals surface area contributed by atoms with E-state index in [4.69, 9.17) is 4.74 Å². The van der Waals surface area contributed by atoms with E-state index in [1.165, 1.54) is 0 Å². The summed E-state index contributed by atoms with van der Waals surface area (Å²) in [6, 6.07) is 17.3. The number of benzene rings is 2. The second-order valence-corrected chi connectivity index (χ2v) is 12.3. The van der Waals surface area contributed by atoms with Gasteiger partial charge in [-0.15, -0.1) is 13.2 Å². The third kappa shape index (κ3) is 9.66. The molecule has 8 heteroatoms. The fraction of sp³-hybridized carbons (Fsp3) is 0.432. The molecule has 3 atom stereocenters. The zero-order chi connectivity index (χ0) is 32.1. The molecular formula is C37H47N3O5. The number of para-hydroxylation sites is 1. The second kappa shape index (κ2) is 16.8. The predicted molar refractivity (Wildman–Crippen MR) is 177 cm³/mol. The van der Waals surface area contributed by atoms with Gasteiger partial charge in [0.05, 0.1) is 30.0 Å². The lowest BCUT2D eigenvalue weighted by atomic mass is 9.94. The number of rotatable bonds is 18. The molecule has 0 bridgehead atoms. The molecule has 3 aromatic rings. The first-order valence-electron chi connectivity index (χ1n) is 16.1. The Bertz CT molecular complexity index is 1430. The molecule has 1 aliphatic carbocycles. The Morgan fingerprint density at radius 1 is 0.978 bits per heavy atom. The van der Waals surface area contributed by atoms with Crippen LogP contribution < -0.4 is 10.6 Å². The average molecular weight is 614 g/mol. The number of ether oxygens (including phenoxy) is 1. The SMILES string of the molecule is C=CCC[C@H](Cc1ccccc1)C(=O)OC[C@H](Cc1c[nH]c2ccccc12)NC(=O)[C@@H](CC=C)CC(=O)NC1(CO)CCCC1. The van der Waals surface area contributed by atoms with Crippen molar-refractivity contribution >= 4 is 28.7 Å². The molecule has 0 aliphatic heterocycles. The number of aromatic nitrogens is 1. The van der Waals surface area contributed by atoms with Gasteiger partial charge in [-0.3, -0.25) is 14.4 Å². The monoisotopic (exact) mass is 613 g/mol. The van der Waals surface area contributed by atoms with Crippen molar-refractivity contribution in [3.8, 4) is 0 Å². The van der Waals surface area contributed by atoms with Crippen LogP contribution in [0.25, 0.3) is 10.9 Å². The van der Waals surface area contributed by atoms with E-state index in [1.807, 2.05) is 60.8 Å². The van der Waals surface area contributed by atoms with Gasteiger partial charge in [0, 0.05) is 23.5 Å². The van der Waals surface area contributed by atoms with Gasteiger partial charge in [-0.05, 0) is 62.1 Å². The molecule has 0 spiro atoms. The van der Waals surface area contributed by atoms with E-state index < -0.39 is 17.5 Å². The van der Waals surface area contributed by atoms with Crippen LogP contribution in [0.2, 0.25) is 0 Å². The number of allylic oxidation sites excluding steroid dienone is 2. The van der Waals surface area contributed by atoms with Gasteiger partial charge in [-0.1, -0.05) is 73.5 Å². The van der Waals surface area contributed by atoms with Crippen molar-refractivity contribution in [2.75, 3.05) is 13.2 Å². The molecule has 0 radical (unpaired) electrons. The Hall–Kier alpha value is -4.17. The van der Waals surface area contributed by atoms with E-state index in [-0.39, 0.29) is 43.3 Å². The second-order valence-electron chi connectivity index (χ2n) is 12.3. The number of hydrogen-bond donors (Lipinski definition) is 4. The molecule has 1 saturated carbocycles. The first-order chi connectivity index (χ1) is 21.9. The summed E-state index contributed by atoms with van der Waals surface area (Å²) < 4.78 is 5.91. The number of aromatic amines is 1. The molecule has 0 saturated heterocycles. The highest BCUT2D eigenvalue weighted by Crippen LogP contribution is 2.29. The van der Waals surface area contributed by atoms with Gasteiger partial charge >= 0.3 is 5.97 Å². The van der Waals surface area contributed by atoms with Crippen LogP contribution in [0.1, 0.15) is 62.5 Å². The van der Waals surface area contributed by atoms with Crippen LogP contribution in [0.3, 0.4) is 0 Å². The normalized spacial score (nSPS) is 15.9. The van der Waals surface area contributed by atoms with E-state index in [0.717, 1.165) is 47.7 Å². The molecule has 4 N–H and O–H groups in total. The molecule has 1 fully saturated rings. The van der Waals surface area contributed by atoms with Crippen molar-refractivity contribution in [3.05, 3.63) is 97.2 Å². The fourth-order valence-electron chi connectivity index (χ4n) is 6.29. The number of H-pyrrole nitrogens is 1. The molecule has 1 aromatic heterocycles. The topological polar surface area (TPSA) is 121 Å². The van der Waals surface area contributed by atoms with E-state index in [0.29, 0.717) is 32.1 Å². The van der Waals surface area contributed by atoms with Crippen molar-refractivity contribution in [2.24, 2.45) is 11.8 Å². The van der Waals surface area contributed by atoms with Crippen molar-refractivity contribution in [2.45, 2.75) is 75.8 Å². The Kier molecular flexibility index (Phi) is 12.6. The van der Waals surface area contributed by atoms with Gasteiger partial charge in [-0.2, -0.15) is 0 Å². The summed E-state index contributed by atoms with van der Waals surface area (Å²) in [5.41, 5.74) is 2.41. The van der Waals surface area contributed by atoms with Gasteiger partial charge in [0.15, 0.2) is 0 Å². The largest absolute Gasteiger partial charge is 0.463 e. The van der Waals surface area contributed by atoms with Crippen molar-refractivity contribution in [1.82, 2.24) is 15.6 Å². The van der Waals surface area contributed by atoms with Gasteiger partial charge in [0.25, 0.3) is 0 Å². The Morgan fingerprint density at radius 2 is 1.71 bits per heavy atom. The first kappa shape index (κ1) is 33.7. The highest BCUT2D eigenvalue weighted by Gasteiger charge is 2.35. The molecule has 0 unspecified atom stereocenters. The number of nitrogens with one attached hydrogen (secondary N) is 3. The Balaban J connectivity index is 1.47. The standard InChI is InChI=1S/C37H47N3O5/c1-3-5-16-29(21-27-14-7-6-8-15-27)36(44)45-25-31(22-30-24-38-33-18-10-9-17-32(30)33)39-35(43)28(13-4-2)23-34(42)40-37(26-41)19-11-12-20-37/h3-4,6-10,14-15,17-18,24,28-29,31,38,41H,1-2,5,11-13,16,19-23,25-26H2,(H,39,43)(H,40,42)/t28-,29+,31-/m0/s1. The maximum atomic E-state index is 13.7. The third-order valence-electron chi connectivity index (χ3n) is 8.81. The molecule has 8 nitrogen and oxygen atoms in total. The van der Waals surface area contributed by atoms with Crippen LogP contribution >= 0.6 is 0 Å². The summed E-state index contributed by atoms with van der Waals surface area (Å²) in [7, 11) is 0. The van der Waals surface area contributed by atoms with Crippen LogP contribution in [0, 0.1) is 11.8 Å². The lowest BCUT2D eigenvalue weighted by Crippen LogP contribution is -2.50. The molecule has 1 aliphatic rings. The first-order valence-corrected chi connectivity index (χ1v) is 16.1. The Morgan fingerprint density at radius 3 is 2.42 bits per heavy atom. The molecule has 1 heterocycles. The zero-order valence-electron chi connectivity index (χ0n) is 26.1. The van der Waals surface area contributed by atoms with E-state index in [1.54, 1.807) is 12.2 Å². The van der Waals surface area contributed by atoms with Crippen LogP contribution in [-0.4, -0.2) is 52.7 Å². The number of aliphatic hydroxyl groups is 1. The quantitative estimate of drug-likeness (QED) is 0.111. The molecule has 45 heavy (non-hydrogen) atoms. The summed E-state index contributed by atoms with van der Waals surface area (Å²) in [5.74, 6) is -1.88. The molecule has 4 rings (SSSR count). The summed E-state index contributed by atoms with van der Waals surface area (Å²) in [4.78, 5) is 43.4. The predicted octanol–water partition coefficient (Wildman–Crippen LogP) is 5.57. The number of carbonyl (C=O) groups excluding carboxylic acids is 3. The molecular weight excluding hydrogens is 566 g/mol. The minimum Gasteiger partial charge on any atom is -0.463 e. The highest BCUT2D eigenvalue weighted by atomic mass is 16.5. The van der Waals surface area contributed by atoms with E-state index in [9.17, 15) is 19.5 Å². The number of fused-ring (bicyclic) bond motifs is 1. The van der Waals surface area contributed by atoms with E-state index >= 15 is 0 Å². The van der Waals surface area contributed by atoms with E-state index in [2.05, 4.69) is 28.8 Å². The Labute approximate surface area is 266 Å². The summed E-state index contributed by atoms with van der Waals surface area (Å²) in [6.07, 6.45) is 11.3. The number of amides is 2. The van der Waals surface area contributed by atoms with Gasteiger partial charge in [-0.25, -0.2) is 0 Å². The number of esters is 1. The summed E-state index contributed by atoms with van der Waals surface area (Å²) in [6.45, 7) is 7.49. The van der Waals surface area contributed by atoms with Crippen molar-refractivity contribution in [3.63, 3.8) is 0 Å². The van der Waals surface area contributed by atoms with Crippen LogP contribution in [-0.2, 0) is 32.0 Å². The smallest absolute Gasteiger partial charge is 0.309 e. The number of hydrogen-bond acceptors (Lipinski definition) is 5. The third-order valence-corrected chi connectivity index (χ3v) is 8.81. The molecule has 2 amide bonds. The maximum absolute atomic E-state index is 13.7. The number of aliphatic hydroxyl groups excluding tert-OH is 1. The average Bonchev–Trinajstić information content (AvgIpc) is 3.69. The highest BCUT2D eigenvalue weighted by molar-refractivity contribution is 5.87.